The number of anilines is 1. The Morgan fingerprint density at radius 2 is 1.75 bits per heavy atom. The molecule has 0 bridgehead atoms. The van der Waals surface area contributed by atoms with Gasteiger partial charge in [-0.25, -0.2) is 0 Å². The zero-order valence-corrected chi connectivity index (χ0v) is 14.8. The third-order valence-corrected chi connectivity index (χ3v) is 4.37. The van der Waals surface area contributed by atoms with E-state index >= 15 is 0 Å². The molecule has 2 aromatic carbocycles. The van der Waals surface area contributed by atoms with Gasteiger partial charge >= 0.3 is 0 Å². The smallest absolute Gasteiger partial charge is 0.264 e. The zero-order chi connectivity index (χ0) is 17.3. The minimum Gasteiger partial charge on any atom is -0.497 e. The fourth-order valence-corrected chi connectivity index (χ4v) is 2.82. The Labute approximate surface area is 148 Å². The van der Waals surface area contributed by atoms with E-state index in [0.29, 0.717) is 22.7 Å². The van der Waals surface area contributed by atoms with Gasteiger partial charge in [0.25, 0.3) is 5.91 Å². The molecule has 0 N–H and O–H groups in total. The summed E-state index contributed by atoms with van der Waals surface area (Å²) in [5.74, 6) is -0.827. The highest BCUT2D eigenvalue weighted by Crippen LogP contribution is 2.27. The summed E-state index contributed by atoms with van der Waals surface area (Å²) in [5, 5.41) is 5.56. The van der Waals surface area contributed by atoms with Crippen molar-refractivity contribution in [3.05, 3.63) is 58.6 Å². The van der Waals surface area contributed by atoms with E-state index in [9.17, 15) is 9.59 Å². The number of ether oxygens (including phenoxy) is 1. The number of rotatable bonds is 4. The van der Waals surface area contributed by atoms with E-state index in [-0.39, 0.29) is 11.7 Å². The molecule has 0 fully saturated rings. The number of benzene rings is 2. The molecule has 1 atom stereocenters. The van der Waals surface area contributed by atoms with E-state index in [0.717, 1.165) is 4.47 Å². The lowest BCUT2D eigenvalue weighted by Gasteiger charge is -2.14. The lowest BCUT2D eigenvalue weighted by atomic mass is 9.93. The van der Waals surface area contributed by atoms with E-state index in [1.165, 1.54) is 5.01 Å². The molecular weight excluding hydrogens is 372 g/mol. The van der Waals surface area contributed by atoms with Crippen LogP contribution in [0, 0.1) is 5.92 Å². The average molecular weight is 387 g/mol. The van der Waals surface area contributed by atoms with Gasteiger partial charge in [-0.1, -0.05) is 15.9 Å². The van der Waals surface area contributed by atoms with E-state index in [2.05, 4.69) is 21.0 Å². The third kappa shape index (κ3) is 2.97. The van der Waals surface area contributed by atoms with Crippen molar-refractivity contribution in [1.82, 2.24) is 0 Å². The van der Waals surface area contributed by atoms with Gasteiger partial charge in [0.15, 0.2) is 5.78 Å². The summed E-state index contributed by atoms with van der Waals surface area (Å²) < 4.78 is 5.99. The Balaban J connectivity index is 1.86. The van der Waals surface area contributed by atoms with Gasteiger partial charge in [-0.3, -0.25) is 9.59 Å². The number of halogens is 1. The summed E-state index contributed by atoms with van der Waals surface area (Å²) in [4.78, 5) is 25.4. The number of Topliss-reactive ketones (excluding diaryl/α,β-unsaturated/α-hetero) is 1. The summed E-state index contributed by atoms with van der Waals surface area (Å²) in [6.07, 6.45) is 0. The predicted molar refractivity (Wildman–Crippen MR) is 95.6 cm³/mol. The van der Waals surface area contributed by atoms with E-state index < -0.39 is 5.92 Å². The minimum atomic E-state index is -0.887. The van der Waals surface area contributed by atoms with Gasteiger partial charge in [-0.15, -0.1) is 0 Å². The average Bonchev–Trinajstić information content (AvgIpc) is 2.89. The quantitative estimate of drug-likeness (QED) is 0.594. The molecule has 1 unspecified atom stereocenters. The highest BCUT2D eigenvalue weighted by molar-refractivity contribution is 9.10. The first-order valence-corrected chi connectivity index (χ1v) is 8.13. The first kappa shape index (κ1) is 16.4. The maximum absolute atomic E-state index is 12.7. The number of hydrogen-bond donors (Lipinski definition) is 0. The molecular formula is C18H15BrN2O3. The van der Waals surface area contributed by atoms with Crippen molar-refractivity contribution in [2.24, 2.45) is 11.0 Å². The van der Waals surface area contributed by atoms with Crippen LogP contribution in [0.1, 0.15) is 17.3 Å². The predicted octanol–water partition coefficient (Wildman–Crippen LogP) is 3.68. The van der Waals surface area contributed by atoms with E-state index in [1.54, 1.807) is 50.4 Å². The van der Waals surface area contributed by atoms with Crippen LogP contribution in [0.3, 0.4) is 0 Å². The van der Waals surface area contributed by atoms with Crippen LogP contribution in [0.15, 0.2) is 58.1 Å². The minimum absolute atomic E-state index is 0.261. The number of methoxy groups -OCH3 is 1. The first-order valence-electron chi connectivity index (χ1n) is 7.34. The van der Waals surface area contributed by atoms with Crippen LogP contribution in [0.4, 0.5) is 5.69 Å². The fraction of sp³-hybridized carbons (Fsp3) is 0.167. The Morgan fingerprint density at radius 3 is 2.33 bits per heavy atom. The van der Waals surface area contributed by atoms with Crippen LogP contribution < -0.4 is 9.75 Å². The van der Waals surface area contributed by atoms with Gasteiger partial charge in [0.2, 0.25) is 0 Å². The molecule has 122 valence electrons. The Bertz CT molecular complexity index is 813. The zero-order valence-electron chi connectivity index (χ0n) is 13.2. The molecule has 5 nitrogen and oxygen atoms in total. The number of nitrogens with zero attached hydrogens (tertiary/aromatic N) is 2. The molecule has 1 heterocycles. The third-order valence-electron chi connectivity index (χ3n) is 3.84. The monoisotopic (exact) mass is 386 g/mol. The normalized spacial score (nSPS) is 17.0. The van der Waals surface area contributed by atoms with Crippen LogP contribution in [-0.4, -0.2) is 24.5 Å². The summed E-state index contributed by atoms with van der Waals surface area (Å²) >= 11 is 3.35. The van der Waals surface area contributed by atoms with Crippen LogP contribution >= 0.6 is 15.9 Å². The topological polar surface area (TPSA) is 59.0 Å². The van der Waals surface area contributed by atoms with Gasteiger partial charge in [0.1, 0.15) is 11.7 Å². The lowest BCUT2D eigenvalue weighted by Crippen LogP contribution is -2.32. The Kier molecular flexibility index (Phi) is 4.49. The molecule has 2 aromatic rings. The second kappa shape index (κ2) is 6.57. The van der Waals surface area contributed by atoms with Gasteiger partial charge in [0, 0.05) is 10.0 Å². The van der Waals surface area contributed by atoms with Gasteiger partial charge in [0.05, 0.1) is 18.5 Å². The number of carbonyl (C=O) groups is 2. The molecule has 0 aromatic heterocycles. The molecule has 6 heteroatoms. The van der Waals surface area contributed by atoms with E-state index in [4.69, 9.17) is 4.74 Å². The highest BCUT2D eigenvalue weighted by atomic mass is 79.9. The maximum Gasteiger partial charge on any atom is 0.264 e. The van der Waals surface area contributed by atoms with E-state index in [1.807, 2.05) is 12.1 Å². The molecule has 0 saturated carbocycles. The second-order valence-electron chi connectivity index (χ2n) is 5.39. The molecule has 1 aliphatic rings. The fourth-order valence-electron chi connectivity index (χ4n) is 2.56. The standard InChI is InChI=1S/C18H15BrN2O3/c1-11-16(17(22)12-3-9-15(24-2)10-4-12)18(23)21(20-11)14-7-5-13(19)6-8-14/h3-10,16H,1-2H3. The van der Waals surface area contributed by atoms with Crippen molar-refractivity contribution < 1.29 is 14.3 Å². The molecule has 1 aliphatic heterocycles. The van der Waals surface area contributed by atoms with Gasteiger partial charge < -0.3 is 4.74 Å². The summed E-state index contributed by atoms with van der Waals surface area (Å²) in [6.45, 7) is 1.70. The van der Waals surface area contributed by atoms with Crippen molar-refractivity contribution in [1.29, 1.82) is 0 Å². The molecule has 0 radical (unpaired) electrons. The van der Waals surface area contributed by atoms with Crippen molar-refractivity contribution >= 4 is 39.0 Å². The molecule has 0 aliphatic carbocycles. The number of carbonyl (C=O) groups excluding carboxylic acids is 2. The number of amides is 1. The van der Waals surface area contributed by atoms with Crippen molar-refractivity contribution in [3.63, 3.8) is 0 Å². The van der Waals surface area contributed by atoms with Crippen LogP contribution in [-0.2, 0) is 4.79 Å². The first-order chi connectivity index (χ1) is 11.5. The molecule has 24 heavy (non-hydrogen) atoms. The summed E-state index contributed by atoms with van der Waals surface area (Å²) in [6, 6.07) is 13.9. The van der Waals surface area contributed by atoms with Crippen LogP contribution in [0.25, 0.3) is 0 Å². The Morgan fingerprint density at radius 1 is 1.12 bits per heavy atom. The van der Waals surface area contributed by atoms with Crippen molar-refractivity contribution in [3.8, 4) is 5.75 Å². The number of ketones is 1. The number of hydrazone groups is 1. The van der Waals surface area contributed by atoms with Crippen molar-refractivity contribution in [2.45, 2.75) is 6.92 Å². The van der Waals surface area contributed by atoms with Crippen LogP contribution in [0.5, 0.6) is 5.75 Å². The molecule has 0 spiro atoms. The maximum atomic E-state index is 12.7. The lowest BCUT2D eigenvalue weighted by molar-refractivity contribution is -0.118. The summed E-state index contributed by atoms with van der Waals surface area (Å²) in [5.41, 5.74) is 1.58. The Hall–Kier alpha value is -2.47. The molecule has 1 amide bonds. The summed E-state index contributed by atoms with van der Waals surface area (Å²) in [7, 11) is 1.56. The molecule has 3 rings (SSSR count). The SMILES string of the molecule is COc1ccc(C(=O)C2C(=O)N(c3ccc(Br)cc3)N=C2C)cc1. The van der Waals surface area contributed by atoms with Crippen molar-refractivity contribution in [2.75, 3.05) is 12.1 Å². The molecule has 0 saturated heterocycles. The largest absolute Gasteiger partial charge is 0.497 e. The highest BCUT2D eigenvalue weighted by Gasteiger charge is 2.39. The second-order valence-corrected chi connectivity index (χ2v) is 6.31. The van der Waals surface area contributed by atoms with Gasteiger partial charge in [-0.2, -0.15) is 10.1 Å². The van der Waals surface area contributed by atoms with Crippen LogP contribution in [0.2, 0.25) is 0 Å². The van der Waals surface area contributed by atoms with Gasteiger partial charge in [-0.05, 0) is 55.5 Å². The number of hydrogen-bond acceptors (Lipinski definition) is 4.